The third-order valence-electron chi connectivity index (χ3n) is 5.37. The maximum Gasteiger partial charge on any atom is 0.259 e. The fourth-order valence-electron chi connectivity index (χ4n) is 3.37. The second kappa shape index (κ2) is 9.03. The quantitative estimate of drug-likeness (QED) is 0.608. The van der Waals surface area contributed by atoms with Gasteiger partial charge in [0, 0.05) is 19.8 Å². The molecule has 1 heterocycles. The zero-order valence-corrected chi connectivity index (χ0v) is 19.3. The maximum absolute atomic E-state index is 13.1. The smallest absolute Gasteiger partial charge is 0.259 e. The molecule has 0 aliphatic rings. The molecule has 3 aromatic rings. The maximum atomic E-state index is 13.1. The van der Waals surface area contributed by atoms with Gasteiger partial charge < -0.3 is 5.32 Å². The zero-order chi connectivity index (χ0) is 22.8. The van der Waals surface area contributed by atoms with Crippen LogP contribution < -0.4 is 5.32 Å². The molecule has 1 amide bonds. The summed E-state index contributed by atoms with van der Waals surface area (Å²) >= 11 is 0. The number of nitrogens with zero attached hydrogens (tertiary/aromatic N) is 3. The van der Waals surface area contributed by atoms with Crippen LogP contribution in [0.2, 0.25) is 0 Å². The number of rotatable bonds is 7. The summed E-state index contributed by atoms with van der Waals surface area (Å²) in [6.07, 6.45) is 2.21. The minimum Gasteiger partial charge on any atom is -0.322 e. The first-order valence-corrected chi connectivity index (χ1v) is 11.5. The van der Waals surface area contributed by atoms with Gasteiger partial charge in [-0.1, -0.05) is 37.3 Å². The van der Waals surface area contributed by atoms with Crippen LogP contribution >= 0.6 is 0 Å². The van der Waals surface area contributed by atoms with E-state index in [2.05, 4.69) is 10.4 Å². The SMILES string of the molecule is CCc1c(C(=O)Nc2cc(S(=O)(=O)N(C)C)cc(C)c2C)cnn1Cc1ccccc1. The van der Waals surface area contributed by atoms with Crippen molar-refractivity contribution < 1.29 is 13.2 Å². The summed E-state index contributed by atoms with van der Waals surface area (Å²) in [5, 5.41) is 7.31. The fraction of sp³-hybridized carbons (Fsp3) is 0.304. The van der Waals surface area contributed by atoms with Gasteiger partial charge in [-0.3, -0.25) is 9.48 Å². The number of aromatic nitrogens is 2. The predicted molar refractivity (Wildman–Crippen MR) is 122 cm³/mol. The van der Waals surface area contributed by atoms with E-state index >= 15 is 0 Å². The molecule has 8 heteroatoms. The van der Waals surface area contributed by atoms with E-state index in [-0.39, 0.29) is 10.8 Å². The number of anilines is 1. The van der Waals surface area contributed by atoms with E-state index in [1.54, 1.807) is 12.3 Å². The van der Waals surface area contributed by atoms with Crippen molar-refractivity contribution in [1.29, 1.82) is 0 Å². The van der Waals surface area contributed by atoms with Crippen LogP contribution in [-0.2, 0) is 23.0 Å². The van der Waals surface area contributed by atoms with Crippen LogP contribution in [0.4, 0.5) is 5.69 Å². The Labute approximate surface area is 183 Å². The van der Waals surface area contributed by atoms with Crippen LogP contribution in [0, 0.1) is 13.8 Å². The fourth-order valence-corrected chi connectivity index (χ4v) is 4.39. The normalized spacial score (nSPS) is 11.7. The van der Waals surface area contributed by atoms with Gasteiger partial charge in [-0.25, -0.2) is 12.7 Å². The number of benzene rings is 2. The lowest BCUT2D eigenvalue weighted by Gasteiger charge is -2.16. The van der Waals surface area contributed by atoms with Gasteiger partial charge in [0.1, 0.15) is 0 Å². The molecular formula is C23H28N4O3S. The average molecular weight is 441 g/mol. The minimum absolute atomic E-state index is 0.145. The molecule has 1 aromatic heterocycles. The highest BCUT2D eigenvalue weighted by Crippen LogP contribution is 2.26. The number of aryl methyl sites for hydroxylation is 1. The summed E-state index contributed by atoms with van der Waals surface area (Å²) in [7, 11) is -0.650. The number of carbonyl (C=O) groups is 1. The molecule has 0 fully saturated rings. The Balaban J connectivity index is 1.93. The molecule has 0 spiro atoms. The van der Waals surface area contributed by atoms with Gasteiger partial charge in [0.25, 0.3) is 5.91 Å². The van der Waals surface area contributed by atoms with E-state index in [9.17, 15) is 13.2 Å². The highest BCUT2D eigenvalue weighted by Gasteiger charge is 2.22. The topological polar surface area (TPSA) is 84.3 Å². The van der Waals surface area contributed by atoms with Gasteiger partial charge in [-0.05, 0) is 49.1 Å². The summed E-state index contributed by atoms with van der Waals surface area (Å²) in [6.45, 7) is 6.24. The molecule has 0 saturated heterocycles. The van der Waals surface area contributed by atoms with E-state index in [4.69, 9.17) is 0 Å². The molecular weight excluding hydrogens is 412 g/mol. The number of nitrogens with one attached hydrogen (secondary N) is 1. The second-order valence-electron chi connectivity index (χ2n) is 7.66. The van der Waals surface area contributed by atoms with Gasteiger partial charge in [-0.15, -0.1) is 0 Å². The first-order chi connectivity index (χ1) is 14.6. The summed E-state index contributed by atoms with van der Waals surface area (Å²) in [5.41, 5.74) is 4.49. The lowest BCUT2D eigenvalue weighted by Crippen LogP contribution is -2.23. The zero-order valence-electron chi connectivity index (χ0n) is 18.5. The highest BCUT2D eigenvalue weighted by atomic mass is 32.2. The van der Waals surface area contributed by atoms with Gasteiger partial charge in [-0.2, -0.15) is 5.10 Å². The molecule has 0 bridgehead atoms. The standard InChI is InChI=1S/C23H28N4O3S/c1-6-22-20(14-24-27(22)15-18-10-8-7-9-11-18)23(28)25-21-13-19(12-16(2)17(21)3)31(29,30)26(4)5/h7-14H,6,15H2,1-5H3,(H,25,28). The molecule has 0 unspecified atom stereocenters. The van der Waals surface area contributed by atoms with E-state index in [1.807, 2.05) is 55.8 Å². The van der Waals surface area contributed by atoms with Crippen molar-refractivity contribution in [2.24, 2.45) is 0 Å². The Morgan fingerprint density at radius 3 is 2.42 bits per heavy atom. The third kappa shape index (κ3) is 4.70. The summed E-state index contributed by atoms with van der Waals surface area (Å²) in [4.78, 5) is 13.2. The van der Waals surface area contributed by atoms with Crippen molar-refractivity contribution in [2.75, 3.05) is 19.4 Å². The van der Waals surface area contributed by atoms with Crippen LogP contribution in [-0.4, -0.2) is 42.5 Å². The second-order valence-corrected chi connectivity index (χ2v) is 9.81. The lowest BCUT2D eigenvalue weighted by molar-refractivity contribution is 0.102. The Hall–Kier alpha value is -2.97. The number of carbonyl (C=O) groups excluding carboxylic acids is 1. The van der Waals surface area contributed by atoms with Gasteiger partial charge in [0.15, 0.2) is 0 Å². The van der Waals surface area contributed by atoms with E-state index in [0.717, 1.165) is 26.7 Å². The van der Waals surface area contributed by atoms with E-state index < -0.39 is 10.0 Å². The van der Waals surface area contributed by atoms with Crippen LogP contribution in [0.25, 0.3) is 0 Å². The first kappa shape index (κ1) is 22.7. The van der Waals surface area contributed by atoms with Crippen LogP contribution in [0.3, 0.4) is 0 Å². The monoisotopic (exact) mass is 440 g/mol. The van der Waals surface area contributed by atoms with E-state index in [0.29, 0.717) is 24.2 Å². The molecule has 0 aliphatic heterocycles. The first-order valence-electron chi connectivity index (χ1n) is 10.1. The summed E-state index contributed by atoms with van der Waals surface area (Å²) < 4.78 is 28.1. The van der Waals surface area contributed by atoms with Crippen molar-refractivity contribution >= 4 is 21.6 Å². The Kier molecular flexibility index (Phi) is 6.62. The molecule has 31 heavy (non-hydrogen) atoms. The highest BCUT2D eigenvalue weighted by molar-refractivity contribution is 7.89. The largest absolute Gasteiger partial charge is 0.322 e. The van der Waals surface area contributed by atoms with Crippen LogP contribution in [0.15, 0.2) is 53.6 Å². The van der Waals surface area contributed by atoms with Crippen molar-refractivity contribution in [3.8, 4) is 0 Å². The third-order valence-corrected chi connectivity index (χ3v) is 7.16. The van der Waals surface area contributed by atoms with Crippen molar-refractivity contribution in [3.05, 3.63) is 76.6 Å². The molecule has 2 aromatic carbocycles. The molecule has 0 radical (unpaired) electrons. The minimum atomic E-state index is -3.62. The van der Waals surface area contributed by atoms with Crippen molar-refractivity contribution in [1.82, 2.24) is 14.1 Å². The van der Waals surface area contributed by atoms with E-state index in [1.165, 1.54) is 20.2 Å². The van der Waals surface area contributed by atoms with Crippen LogP contribution in [0.5, 0.6) is 0 Å². The predicted octanol–water partition coefficient (Wildman–Crippen LogP) is 3.61. The number of hydrogen-bond donors (Lipinski definition) is 1. The lowest BCUT2D eigenvalue weighted by atomic mass is 10.1. The summed E-state index contributed by atoms with van der Waals surface area (Å²) in [5.74, 6) is -0.307. The molecule has 3 rings (SSSR count). The number of hydrogen-bond acceptors (Lipinski definition) is 4. The van der Waals surface area contributed by atoms with Crippen molar-refractivity contribution in [3.63, 3.8) is 0 Å². The average Bonchev–Trinajstić information content (AvgIpc) is 3.14. The van der Waals surface area contributed by atoms with Gasteiger partial charge in [0.2, 0.25) is 10.0 Å². The summed E-state index contributed by atoms with van der Waals surface area (Å²) in [6, 6.07) is 13.1. The molecule has 7 nitrogen and oxygen atoms in total. The number of amides is 1. The molecule has 0 aliphatic carbocycles. The van der Waals surface area contributed by atoms with Crippen molar-refractivity contribution in [2.45, 2.75) is 38.6 Å². The Morgan fingerprint density at radius 1 is 1.13 bits per heavy atom. The number of sulfonamides is 1. The Morgan fingerprint density at radius 2 is 1.81 bits per heavy atom. The Bertz CT molecular complexity index is 1200. The molecule has 0 saturated carbocycles. The van der Waals surface area contributed by atoms with Gasteiger partial charge >= 0.3 is 0 Å². The van der Waals surface area contributed by atoms with Crippen LogP contribution in [0.1, 0.15) is 39.7 Å². The molecule has 0 atom stereocenters. The molecule has 1 N–H and O–H groups in total. The molecule has 164 valence electrons. The van der Waals surface area contributed by atoms with Gasteiger partial charge in [0.05, 0.1) is 28.9 Å².